The van der Waals surface area contributed by atoms with E-state index in [0.29, 0.717) is 17.5 Å². The summed E-state index contributed by atoms with van der Waals surface area (Å²) >= 11 is 0. The summed E-state index contributed by atoms with van der Waals surface area (Å²) in [6.45, 7) is 1.58. The van der Waals surface area contributed by atoms with Gasteiger partial charge in [-0.2, -0.15) is 0 Å². The topological polar surface area (TPSA) is 102 Å². The summed E-state index contributed by atoms with van der Waals surface area (Å²) in [7, 11) is 0. The standard InChI is InChI=1S/C14H16N2O5/c1-2-9(7-13(18)19)15-12(17)8-16-10-5-3-4-6-11(10)21-14(16)20/h3-6,9H,2,7-8H2,1H3,(H,15,17)(H,18,19). The average molecular weight is 292 g/mol. The van der Waals surface area contributed by atoms with Crippen LogP contribution in [-0.4, -0.2) is 27.6 Å². The number of carboxylic acids is 1. The van der Waals surface area contributed by atoms with Gasteiger partial charge in [-0.1, -0.05) is 19.1 Å². The Morgan fingerprint density at radius 2 is 2.10 bits per heavy atom. The molecule has 1 aromatic carbocycles. The van der Waals surface area contributed by atoms with Gasteiger partial charge < -0.3 is 14.8 Å². The van der Waals surface area contributed by atoms with Gasteiger partial charge in [0.2, 0.25) is 5.91 Å². The van der Waals surface area contributed by atoms with Gasteiger partial charge in [0.1, 0.15) is 6.54 Å². The molecule has 0 spiro atoms. The molecule has 7 nitrogen and oxygen atoms in total. The molecule has 1 heterocycles. The van der Waals surface area contributed by atoms with E-state index in [9.17, 15) is 14.4 Å². The molecule has 112 valence electrons. The van der Waals surface area contributed by atoms with Gasteiger partial charge in [-0.15, -0.1) is 0 Å². The number of carbonyl (C=O) groups is 2. The Morgan fingerprint density at radius 1 is 1.38 bits per heavy atom. The van der Waals surface area contributed by atoms with Crippen molar-refractivity contribution < 1.29 is 19.1 Å². The van der Waals surface area contributed by atoms with Gasteiger partial charge in [-0.25, -0.2) is 4.79 Å². The highest BCUT2D eigenvalue weighted by atomic mass is 16.4. The van der Waals surface area contributed by atoms with Crippen LogP contribution in [0.1, 0.15) is 19.8 Å². The molecule has 21 heavy (non-hydrogen) atoms. The van der Waals surface area contributed by atoms with Crippen LogP contribution in [0.5, 0.6) is 0 Å². The molecule has 0 bridgehead atoms. The van der Waals surface area contributed by atoms with E-state index in [-0.39, 0.29) is 13.0 Å². The van der Waals surface area contributed by atoms with Gasteiger partial charge in [0.15, 0.2) is 5.58 Å². The Morgan fingerprint density at radius 3 is 2.76 bits per heavy atom. The number of aromatic nitrogens is 1. The van der Waals surface area contributed by atoms with E-state index in [1.54, 1.807) is 31.2 Å². The van der Waals surface area contributed by atoms with Crippen LogP contribution in [0.3, 0.4) is 0 Å². The van der Waals surface area contributed by atoms with Gasteiger partial charge in [0, 0.05) is 6.04 Å². The predicted octanol–water partition coefficient (Wildman–Crippen LogP) is 0.964. The highest BCUT2D eigenvalue weighted by Crippen LogP contribution is 2.11. The number of aliphatic carboxylic acids is 1. The minimum Gasteiger partial charge on any atom is -0.481 e. The predicted molar refractivity (Wildman–Crippen MR) is 74.9 cm³/mol. The molecule has 1 atom stereocenters. The van der Waals surface area contributed by atoms with Crippen LogP contribution >= 0.6 is 0 Å². The van der Waals surface area contributed by atoms with Crippen molar-refractivity contribution in [2.75, 3.05) is 0 Å². The number of hydrogen-bond donors (Lipinski definition) is 2. The van der Waals surface area contributed by atoms with Crippen molar-refractivity contribution >= 4 is 23.0 Å². The van der Waals surface area contributed by atoms with Crippen LogP contribution in [0.4, 0.5) is 0 Å². The van der Waals surface area contributed by atoms with Crippen LogP contribution in [-0.2, 0) is 16.1 Å². The van der Waals surface area contributed by atoms with Crippen LogP contribution in [0.15, 0.2) is 33.5 Å². The summed E-state index contributed by atoms with van der Waals surface area (Å²) in [4.78, 5) is 34.4. The molecular weight excluding hydrogens is 276 g/mol. The molecule has 0 fully saturated rings. The number of rotatable bonds is 6. The summed E-state index contributed by atoms with van der Waals surface area (Å²) in [5.74, 6) is -2.01. The fourth-order valence-electron chi connectivity index (χ4n) is 2.09. The summed E-state index contributed by atoms with van der Waals surface area (Å²) in [5.41, 5.74) is 0.941. The minimum absolute atomic E-state index is 0.150. The SMILES string of the molecule is CCC(CC(=O)O)NC(=O)Cn1c(=O)oc2ccccc21. The zero-order valence-electron chi connectivity index (χ0n) is 11.5. The van der Waals surface area contributed by atoms with E-state index >= 15 is 0 Å². The number of fused-ring (bicyclic) bond motifs is 1. The lowest BCUT2D eigenvalue weighted by molar-refractivity contribution is -0.137. The first-order chi connectivity index (χ1) is 10.0. The lowest BCUT2D eigenvalue weighted by Gasteiger charge is -2.14. The molecule has 2 aromatic rings. The first kappa shape index (κ1) is 14.8. The molecule has 0 aliphatic carbocycles. The Hall–Kier alpha value is -2.57. The second-order valence-electron chi connectivity index (χ2n) is 4.69. The number of carboxylic acid groups (broad SMARTS) is 1. The molecule has 2 rings (SSSR count). The molecule has 0 radical (unpaired) electrons. The van der Waals surface area contributed by atoms with Crippen molar-refractivity contribution in [3.63, 3.8) is 0 Å². The minimum atomic E-state index is -0.979. The quantitative estimate of drug-likeness (QED) is 0.826. The summed E-state index contributed by atoms with van der Waals surface area (Å²) < 4.78 is 6.25. The molecule has 0 aliphatic heterocycles. The molecule has 0 saturated carbocycles. The van der Waals surface area contributed by atoms with Crippen LogP contribution in [0.2, 0.25) is 0 Å². The second kappa shape index (κ2) is 6.25. The van der Waals surface area contributed by atoms with Crippen LogP contribution in [0.25, 0.3) is 11.1 Å². The maximum atomic E-state index is 12.0. The number of hydrogen-bond acceptors (Lipinski definition) is 4. The molecule has 1 aromatic heterocycles. The Balaban J connectivity index is 2.13. The van der Waals surface area contributed by atoms with E-state index in [1.165, 1.54) is 4.57 Å². The smallest absolute Gasteiger partial charge is 0.420 e. The van der Waals surface area contributed by atoms with Crippen molar-refractivity contribution in [3.05, 3.63) is 34.8 Å². The highest BCUT2D eigenvalue weighted by Gasteiger charge is 2.16. The number of benzene rings is 1. The molecular formula is C14H16N2O5. The molecule has 0 saturated heterocycles. The van der Waals surface area contributed by atoms with E-state index in [4.69, 9.17) is 9.52 Å². The maximum absolute atomic E-state index is 12.0. The molecule has 1 unspecified atom stereocenters. The number of amides is 1. The van der Waals surface area contributed by atoms with Crippen LogP contribution < -0.4 is 11.1 Å². The van der Waals surface area contributed by atoms with Crippen LogP contribution in [0, 0.1) is 0 Å². The molecule has 0 aliphatic rings. The third kappa shape index (κ3) is 3.50. The Kier molecular flexibility index (Phi) is 4.42. The van der Waals surface area contributed by atoms with Crippen molar-refractivity contribution in [2.45, 2.75) is 32.4 Å². The van der Waals surface area contributed by atoms with E-state index in [0.717, 1.165) is 0 Å². The van der Waals surface area contributed by atoms with E-state index in [2.05, 4.69) is 5.32 Å². The largest absolute Gasteiger partial charge is 0.481 e. The lowest BCUT2D eigenvalue weighted by atomic mass is 10.1. The van der Waals surface area contributed by atoms with Gasteiger partial charge in [0.25, 0.3) is 0 Å². The fourth-order valence-corrected chi connectivity index (χ4v) is 2.09. The Labute approximate surface area is 120 Å². The highest BCUT2D eigenvalue weighted by molar-refractivity contribution is 5.80. The third-order valence-corrected chi connectivity index (χ3v) is 3.15. The number of nitrogens with one attached hydrogen (secondary N) is 1. The van der Waals surface area contributed by atoms with Crippen molar-refractivity contribution in [1.82, 2.24) is 9.88 Å². The second-order valence-corrected chi connectivity index (χ2v) is 4.69. The first-order valence-electron chi connectivity index (χ1n) is 6.60. The molecule has 2 N–H and O–H groups in total. The lowest BCUT2D eigenvalue weighted by Crippen LogP contribution is -2.39. The fraction of sp³-hybridized carbons (Fsp3) is 0.357. The van der Waals surface area contributed by atoms with Gasteiger partial charge in [-0.05, 0) is 18.6 Å². The Bertz CT molecular complexity index is 715. The van der Waals surface area contributed by atoms with Crippen molar-refractivity contribution in [2.24, 2.45) is 0 Å². The summed E-state index contributed by atoms with van der Waals surface area (Å²) in [6.07, 6.45) is 0.350. The van der Waals surface area contributed by atoms with Gasteiger partial charge in [-0.3, -0.25) is 14.2 Å². The van der Waals surface area contributed by atoms with Gasteiger partial charge in [0.05, 0.1) is 11.9 Å². The summed E-state index contributed by atoms with van der Waals surface area (Å²) in [6, 6.07) is 6.34. The number of carbonyl (C=O) groups excluding carboxylic acids is 1. The number of oxazole rings is 1. The summed E-state index contributed by atoms with van der Waals surface area (Å²) in [5, 5.41) is 11.4. The zero-order chi connectivity index (χ0) is 15.4. The first-order valence-corrected chi connectivity index (χ1v) is 6.60. The van der Waals surface area contributed by atoms with Crippen molar-refractivity contribution in [3.8, 4) is 0 Å². The maximum Gasteiger partial charge on any atom is 0.420 e. The molecule has 1 amide bonds. The van der Waals surface area contributed by atoms with E-state index < -0.39 is 23.7 Å². The van der Waals surface area contributed by atoms with E-state index in [1.807, 2.05) is 0 Å². The molecule has 7 heteroatoms. The monoisotopic (exact) mass is 292 g/mol. The zero-order valence-corrected chi connectivity index (χ0v) is 11.5. The van der Waals surface area contributed by atoms with Crippen molar-refractivity contribution in [1.29, 1.82) is 0 Å². The number of nitrogens with zero attached hydrogens (tertiary/aromatic N) is 1. The number of para-hydroxylation sites is 2. The normalized spacial score (nSPS) is 12.2. The van der Waals surface area contributed by atoms with Gasteiger partial charge >= 0.3 is 11.7 Å². The average Bonchev–Trinajstić information content (AvgIpc) is 2.74. The third-order valence-electron chi connectivity index (χ3n) is 3.15.